The zero-order valence-electron chi connectivity index (χ0n) is 14.2. The van der Waals surface area contributed by atoms with Crippen LogP contribution in [0.4, 0.5) is 16.2 Å². The molecular formula is C16H26N4O3S. The van der Waals surface area contributed by atoms with E-state index in [2.05, 4.69) is 22.5 Å². The molecule has 1 atom stereocenters. The van der Waals surface area contributed by atoms with E-state index in [4.69, 9.17) is 5.14 Å². The maximum Gasteiger partial charge on any atom is 0.319 e. The summed E-state index contributed by atoms with van der Waals surface area (Å²) >= 11 is 0. The van der Waals surface area contributed by atoms with Crippen LogP contribution in [-0.2, 0) is 10.0 Å². The average molecular weight is 354 g/mol. The molecular weight excluding hydrogens is 328 g/mol. The van der Waals surface area contributed by atoms with Gasteiger partial charge in [-0.15, -0.1) is 0 Å². The Bertz CT molecular complexity index is 670. The van der Waals surface area contributed by atoms with E-state index in [1.807, 2.05) is 18.2 Å². The third-order valence-corrected chi connectivity index (χ3v) is 5.65. The molecule has 7 nitrogen and oxygen atoms in total. The molecule has 1 aromatic rings. The van der Waals surface area contributed by atoms with E-state index < -0.39 is 21.3 Å². The number of rotatable bonds is 5. The van der Waals surface area contributed by atoms with Crippen LogP contribution in [0.2, 0.25) is 0 Å². The number of piperidine rings is 1. The number of sulfonamides is 1. The van der Waals surface area contributed by atoms with Crippen LogP contribution in [0, 0.1) is 5.92 Å². The molecule has 1 aliphatic heterocycles. The molecule has 8 heteroatoms. The minimum atomic E-state index is -3.65. The third-order valence-electron chi connectivity index (χ3n) is 4.36. The van der Waals surface area contributed by atoms with Crippen molar-refractivity contribution in [2.75, 3.05) is 29.9 Å². The van der Waals surface area contributed by atoms with Crippen molar-refractivity contribution in [3.8, 4) is 0 Å². The third kappa shape index (κ3) is 5.38. The predicted molar refractivity (Wildman–Crippen MR) is 96.6 cm³/mol. The van der Waals surface area contributed by atoms with Gasteiger partial charge in [0.05, 0.1) is 5.25 Å². The SMILES string of the molecule is CC1CCN(c2cccc(NC(=O)NCC(C)S(N)(=O)=O)c2)CC1. The Kier molecular flexibility index (Phi) is 6.06. The molecule has 24 heavy (non-hydrogen) atoms. The minimum Gasteiger partial charge on any atom is -0.371 e. The van der Waals surface area contributed by atoms with E-state index in [9.17, 15) is 13.2 Å². The van der Waals surface area contributed by atoms with E-state index in [-0.39, 0.29) is 6.54 Å². The fourth-order valence-electron chi connectivity index (χ4n) is 2.58. The maximum atomic E-state index is 11.9. The van der Waals surface area contributed by atoms with Gasteiger partial charge in [0, 0.05) is 31.0 Å². The molecule has 1 unspecified atom stereocenters. The first-order valence-electron chi connectivity index (χ1n) is 8.17. The van der Waals surface area contributed by atoms with Crippen LogP contribution in [0.1, 0.15) is 26.7 Å². The number of anilines is 2. The van der Waals surface area contributed by atoms with Gasteiger partial charge < -0.3 is 15.5 Å². The van der Waals surface area contributed by atoms with Gasteiger partial charge in [0.2, 0.25) is 10.0 Å². The Balaban J connectivity index is 1.91. The predicted octanol–water partition coefficient (Wildman–Crippen LogP) is 1.72. The summed E-state index contributed by atoms with van der Waals surface area (Å²) in [6, 6.07) is 7.21. The Morgan fingerprint density at radius 2 is 2.04 bits per heavy atom. The summed E-state index contributed by atoms with van der Waals surface area (Å²) in [7, 11) is -3.65. The number of hydrogen-bond acceptors (Lipinski definition) is 4. The zero-order valence-corrected chi connectivity index (χ0v) is 15.0. The highest BCUT2D eigenvalue weighted by molar-refractivity contribution is 7.89. The van der Waals surface area contributed by atoms with E-state index in [0.29, 0.717) is 5.69 Å². The first-order valence-corrected chi connectivity index (χ1v) is 9.78. The second-order valence-electron chi connectivity index (χ2n) is 6.45. The number of hydrogen-bond donors (Lipinski definition) is 3. The highest BCUT2D eigenvalue weighted by Crippen LogP contribution is 2.25. The lowest BCUT2D eigenvalue weighted by atomic mass is 9.99. The molecule has 1 aromatic carbocycles. The topological polar surface area (TPSA) is 105 Å². The lowest BCUT2D eigenvalue weighted by Gasteiger charge is -2.32. The number of carbonyl (C=O) groups is 1. The van der Waals surface area contributed by atoms with Gasteiger partial charge >= 0.3 is 6.03 Å². The largest absolute Gasteiger partial charge is 0.371 e. The molecule has 0 bridgehead atoms. The van der Waals surface area contributed by atoms with E-state index in [1.54, 1.807) is 6.07 Å². The van der Waals surface area contributed by atoms with Crippen LogP contribution in [0.5, 0.6) is 0 Å². The van der Waals surface area contributed by atoms with Crippen LogP contribution in [-0.4, -0.2) is 39.3 Å². The molecule has 134 valence electrons. The lowest BCUT2D eigenvalue weighted by molar-refractivity contribution is 0.252. The van der Waals surface area contributed by atoms with Crippen LogP contribution < -0.4 is 20.7 Å². The second-order valence-corrected chi connectivity index (χ2v) is 8.44. The Morgan fingerprint density at radius 1 is 1.38 bits per heavy atom. The molecule has 0 spiro atoms. The van der Waals surface area contributed by atoms with Crippen molar-refractivity contribution < 1.29 is 13.2 Å². The van der Waals surface area contributed by atoms with Crippen molar-refractivity contribution in [1.82, 2.24) is 5.32 Å². The van der Waals surface area contributed by atoms with Gasteiger partial charge in [-0.1, -0.05) is 13.0 Å². The number of nitrogens with two attached hydrogens (primary N) is 1. The summed E-state index contributed by atoms with van der Waals surface area (Å²) in [6.45, 7) is 5.72. The number of carbonyl (C=O) groups excluding carboxylic acids is 1. The number of amides is 2. The van der Waals surface area contributed by atoms with Gasteiger partial charge in [0.15, 0.2) is 0 Å². The molecule has 1 aliphatic rings. The average Bonchev–Trinajstić information content (AvgIpc) is 2.52. The fourth-order valence-corrected chi connectivity index (χ4v) is 2.89. The summed E-state index contributed by atoms with van der Waals surface area (Å²) in [5, 5.41) is 9.44. The highest BCUT2D eigenvalue weighted by atomic mass is 32.2. The Morgan fingerprint density at radius 3 is 2.67 bits per heavy atom. The van der Waals surface area contributed by atoms with Crippen LogP contribution in [0.3, 0.4) is 0 Å². The maximum absolute atomic E-state index is 11.9. The first kappa shape index (κ1) is 18.5. The quantitative estimate of drug-likeness (QED) is 0.749. The lowest BCUT2D eigenvalue weighted by Crippen LogP contribution is -2.39. The van der Waals surface area contributed by atoms with E-state index in [1.165, 1.54) is 19.8 Å². The number of primary sulfonamides is 1. The minimum absolute atomic E-state index is 0.0334. The second kappa shape index (κ2) is 7.85. The number of benzene rings is 1. The molecule has 0 saturated carbocycles. The molecule has 0 aliphatic carbocycles. The molecule has 1 heterocycles. The number of urea groups is 1. The highest BCUT2D eigenvalue weighted by Gasteiger charge is 2.18. The van der Waals surface area contributed by atoms with Crippen LogP contribution in [0.25, 0.3) is 0 Å². The van der Waals surface area contributed by atoms with Gasteiger partial charge in [-0.25, -0.2) is 18.4 Å². The van der Waals surface area contributed by atoms with Crippen molar-refractivity contribution in [3.05, 3.63) is 24.3 Å². The normalized spacial score (nSPS) is 17.4. The molecule has 0 radical (unpaired) electrons. The van der Waals surface area contributed by atoms with Gasteiger partial charge in [0.25, 0.3) is 0 Å². The number of nitrogens with zero attached hydrogens (tertiary/aromatic N) is 1. The number of nitrogens with one attached hydrogen (secondary N) is 2. The summed E-state index contributed by atoms with van der Waals surface area (Å²) < 4.78 is 22.3. The van der Waals surface area contributed by atoms with Crippen molar-refractivity contribution in [1.29, 1.82) is 0 Å². The van der Waals surface area contributed by atoms with Crippen molar-refractivity contribution in [2.24, 2.45) is 11.1 Å². The zero-order chi connectivity index (χ0) is 17.7. The van der Waals surface area contributed by atoms with Crippen molar-refractivity contribution >= 4 is 27.4 Å². The molecule has 2 rings (SSSR count). The molecule has 1 saturated heterocycles. The van der Waals surface area contributed by atoms with Crippen LogP contribution >= 0.6 is 0 Å². The van der Waals surface area contributed by atoms with E-state index >= 15 is 0 Å². The molecule has 2 amide bonds. The summed E-state index contributed by atoms with van der Waals surface area (Å²) in [6.07, 6.45) is 2.34. The molecule has 1 fully saturated rings. The van der Waals surface area contributed by atoms with E-state index in [0.717, 1.165) is 24.7 Å². The standard InChI is InChI=1S/C16H26N4O3S/c1-12-6-8-20(9-7-12)15-5-3-4-14(10-15)19-16(21)18-11-13(2)24(17,22)23/h3-5,10,12-13H,6-9,11H2,1-2H3,(H2,17,22,23)(H2,18,19,21). The van der Waals surface area contributed by atoms with Gasteiger partial charge in [-0.05, 0) is 43.9 Å². The summed E-state index contributed by atoms with van der Waals surface area (Å²) in [4.78, 5) is 14.2. The van der Waals surface area contributed by atoms with Gasteiger partial charge in [0.1, 0.15) is 0 Å². The van der Waals surface area contributed by atoms with Gasteiger partial charge in [-0.3, -0.25) is 0 Å². The van der Waals surface area contributed by atoms with Crippen LogP contribution in [0.15, 0.2) is 24.3 Å². The Labute approximate surface area is 143 Å². The van der Waals surface area contributed by atoms with Crippen molar-refractivity contribution in [3.63, 3.8) is 0 Å². The summed E-state index contributed by atoms with van der Waals surface area (Å²) in [5.41, 5.74) is 1.75. The molecule has 4 N–H and O–H groups in total. The summed E-state index contributed by atoms with van der Waals surface area (Å²) in [5.74, 6) is 0.758. The smallest absolute Gasteiger partial charge is 0.319 e. The van der Waals surface area contributed by atoms with Gasteiger partial charge in [-0.2, -0.15) is 0 Å². The Hall–Kier alpha value is -1.80. The fraction of sp³-hybridized carbons (Fsp3) is 0.562. The monoisotopic (exact) mass is 354 g/mol. The molecule has 0 aromatic heterocycles. The first-order chi connectivity index (χ1) is 11.3. The van der Waals surface area contributed by atoms with Crippen molar-refractivity contribution in [2.45, 2.75) is 31.9 Å².